The lowest BCUT2D eigenvalue weighted by atomic mass is 9.97. The summed E-state index contributed by atoms with van der Waals surface area (Å²) in [6.45, 7) is 15.9. The van der Waals surface area contributed by atoms with Gasteiger partial charge in [0.2, 0.25) is 6.23 Å². The number of hydrogen-bond donors (Lipinski definition) is 0. The molecule has 0 aliphatic heterocycles. The Balaban J connectivity index is 2.49. The molecule has 0 aliphatic rings. The van der Waals surface area contributed by atoms with Gasteiger partial charge in [-0.05, 0) is 44.9 Å². The molecule has 0 aromatic heterocycles. The molecule has 1 atom stereocenters. The van der Waals surface area contributed by atoms with Gasteiger partial charge < -0.3 is 9.47 Å². The smallest absolute Gasteiger partial charge is 0.275 e. The average Bonchev–Trinajstić information content (AvgIpc) is 3.09. The third kappa shape index (κ3) is 12.8. The first kappa shape index (κ1) is 41.8. The highest BCUT2D eigenvalue weighted by Crippen LogP contribution is 2.42. The van der Waals surface area contributed by atoms with Crippen molar-refractivity contribution < 1.29 is 26.6 Å². The van der Waals surface area contributed by atoms with E-state index in [4.69, 9.17) is 13.7 Å². The minimum atomic E-state index is -3.87. The number of hydrogen-bond acceptors (Lipinski definition) is 5. The van der Waals surface area contributed by atoms with Gasteiger partial charge >= 0.3 is 0 Å². The molecule has 2 aromatic rings. The van der Waals surface area contributed by atoms with E-state index in [1.54, 1.807) is 26.4 Å². The van der Waals surface area contributed by atoms with E-state index >= 15 is 0 Å². The van der Waals surface area contributed by atoms with E-state index in [1.807, 2.05) is 30.3 Å². The molecule has 0 saturated carbocycles. The van der Waals surface area contributed by atoms with Crippen LogP contribution in [0.15, 0.2) is 36.9 Å². The fourth-order valence-electron chi connectivity index (χ4n) is 7.02. The minimum Gasteiger partial charge on any atom is -0.495 e. The second kappa shape index (κ2) is 23.1. The highest BCUT2D eigenvalue weighted by molar-refractivity contribution is 7.86. The van der Waals surface area contributed by atoms with E-state index in [1.165, 1.54) is 57.8 Å². The molecule has 6 nitrogen and oxygen atoms in total. The minimum absolute atomic E-state index is 0.215. The van der Waals surface area contributed by atoms with Crippen molar-refractivity contribution in [3.63, 3.8) is 0 Å². The quantitative estimate of drug-likeness (QED) is 0.0386. The summed E-state index contributed by atoms with van der Waals surface area (Å²) in [6, 6.07) is 7.90. The van der Waals surface area contributed by atoms with Crippen LogP contribution < -0.4 is 9.47 Å². The maximum atomic E-state index is 13.9. The van der Waals surface area contributed by atoms with Crippen LogP contribution in [0.3, 0.4) is 0 Å². The van der Waals surface area contributed by atoms with Crippen molar-refractivity contribution in [2.45, 2.75) is 137 Å². The van der Waals surface area contributed by atoms with Crippen molar-refractivity contribution in [3.05, 3.63) is 48.0 Å². The molecule has 2 aromatic carbocycles. The van der Waals surface area contributed by atoms with E-state index < -0.39 is 10.1 Å². The van der Waals surface area contributed by atoms with Crippen LogP contribution in [0.5, 0.6) is 11.5 Å². The van der Waals surface area contributed by atoms with Gasteiger partial charge in [-0.15, -0.1) is 0 Å². The van der Waals surface area contributed by atoms with Gasteiger partial charge in [-0.1, -0.05) is 128 Å². The first-order valence-corrected chi connectivity index (χ1v) is 20.6. The van der Waals surface area contributed by atoms with Crippen LogP contribution in [-0.4, -0.2) is 58.7 Å². The maximum Gasteiger partial charge on any atom is 0.275 e. The average molecular weight is 687 g/mol. The molecule has 0 amide bonds. The second-order valence-electron chi connectivity index (χ2n) is 13.4. The summed E-state index contributed by atoms with van der Waals surface area (Å²) in [5, 5.41) is 1.81. The van der Waals surface area contributed by atoms with Crippen LogP contribution in [0.2, 0.25) is 0 Å². The third-order valence-corrected chi connectivity index (χ3v) is 10.8. The first-order chi connectivity index (χ1) is 23.3. The summed E-state index contributed by atoms with van der Waals surface area (Å²) < 4.78 is 46.7. The Hall–Kier alpha value is -2.35. The molecular formula is C41H68NO5S+. The highest BCUT2D eigenvalue weighted by Gasteiger charge is 2.39. The molecule has 0 radical (unpaired) electrons. The molecule has 2 rings (SSSR count). The van der Waals surface area contributed by atoms with Crippen LogP contribution in [0, 0.1) is 0 Å². The largest absolute Gasteiger partial charge is 0.495 e. The van der Waals surface area contributed by atoms with Crippen molar-refractivity contribution in [2.24, 2.45) is 0 Å². The number of methoxy groups -OCH3 is 2. The Morgan fingerprint density at radius 3 is 1.58 bits per heavy atom. The lowest BCUT2D eigenvalue weighted by Crippen LogP contribution is -2.58. The highest BCUT2D eigenvalue weighted by atomic mass is 32.2. The molecule has 48 heavy (non-hydrogen) atoms. The predicted molar refractivity (Wildman–Crippen MR) is 206 cm³/mol. The molecule has 7 heteroatoms. The Kier molecular flexibility index (Phi) is 20.1. The number of quaternary nitrogens is 1. The Morgan fingerprint density at radius 2 is 1.15 bits per heavy atom. The Bertz CT molecular complexity index is 1300. The molecule has 0 heterocycles. The van der Waals surface area contributed by atoms with Crippen molar-refractivity contribution in [3.8, 4) is 11.5 Å². The summed E-state index contributed by atoms with van der Waals surface area (Å²) >= 11 is 0. The van der Waals surface area contributed by atoms with E-state index in [0.29, 0.717) is 11.5 Å². The van der Waals surface area contributed by atoms with Gasteiger partial charge in [-0.3, -0.25) is 4.48 Å². The van der Waals surface area contributed by atoms with Crippen LogP contribution in [-0.2, 0) is 14.3 Å². The van der Waals surface area contributed by atoms with E-state index in [9.17, 15) is 8.42 Å². The fraction of sp³-hybridized carbons (Fsp3) is 0.659. The van der Waals surface area contributed by atoms with E-state index in [0.717, 1.165) is 91.0 Å². The SMILES string of the molecule is C=Cc1c(C=CCS(=O)(=O)OC(CCCCC)[N+](CCCCCC)(CCCCCC)CCCCCC)c(OC)c2ccccc2c1OC. The van der Waals surface area contributed by atoms with E-state index in [2.05, 4.69) is 34.3 Å². The Morgan fingerprint density at radius 1 is 0.688 bits per heavy atom. The molecule has 0 spiro atoms. The standard InChI is InChI=1S/C41H68NO5S/c1-8-13-17-23-31-42(32-24-18-14-9-2,33-25-19-15-10-3)39(30-20-16-11-4)47-48(43,44)34-26-29-36-35(12-5)40(45-6)37-27-21-22-28-38(37)41(36)46-7/h12,21-22,26-29,39H,5,8-11,13-20,23-25,30-34H2,1-4,6-7H3/q+1. The monoisotopic (exact) mass is 686 g/mol. The van der Waals surface area contributed by atoms with Crippen molar-refractivity contribution >= 4 is 33.0 Å². The number of benzene rings is 2. The summed E-state index contributed by atoms with van der Waals surface area (Å²) in [5.74, 6) is 1.14. The van der Waals surface area contributed by atoms with Gasteiger partial charge in [0.1, 0.15) is 11.5 Å². The number of unbranched alkanes of at least 4 members (excludes halogenated alkanes) is 11. The van der Waals surface area contributed by atoms with Crippen LogP contribution >= 0.6 is 0 Å². The summed E-state index contributed by atoms with van der Waals surface area (Å²) in [5.41, 5.74) is 1.51. The number of rotatable bonds is 28. The molecular weight excluding hydrogens is 619 g/mol. The summed E-state index contributed by atoms with van der Waals surface area (Å²) in [6.07, 6.45) is 22.9. The predicted octanol–water partition coefficient (Wildman–Crippen LogP) is 11.3. The zero-order chi connectivity index (χ0) is 35.3. The number of ether oxygens (including phenoxy) is 2. The van der Waals surface area contributed by atoms with Gasteiger partial charge in [0.25, 0.3) is 10.1 Å². The van der Waals surface area contributed by atoms with Gasteiger partial charge in [-0.25, -0.2) is 4.18 Å². The maximum absolute atomic E-state index is 13.9. The third-order valence-electron chi connectivity index (χ3n) is 9.69. The lowest BCUT2D eigenvalue weighted by Gasteiger charge is -2.44. The summed E-state index contributed by atoms with van der Waals surface area (Å²) in [4.78, 5) is 0. The zero-order valence-electron chi connectivity index (χ0n) is 31.4. The zero-order valence-corrected chi connectivity index (χ0v) is 32.2. The summed E-state index contributed by atoms with van der Waals surface area (Å²) in [7, 11) is -0.596. The molecule has 0 aliphatic carbocycles. The molecule has 0 N–H and O–H groups in total. The van der Waals surface area contributed by atoms with Crippen LogP contribution in [0.4, 0.5) is 0 Å². The lowest BCUT2D eigenvalue weighted by molar-refractivity contribution is -0.969. The molecule has 0 fully saturated rings. The molecule has 0 saturated heterocycles. The van der Waals surface area contributed by atoms with Crippen LogP contribution in [0.25, 0.3) is 22.9 Å². The molecule has 272 valence electrons. The number of nitrogens with zero attached hydrogens (tertiary/aromatic N) is 1. The topological polar surface area (TPSA) is 61.8 Å². The van der Waals surface area contributed by atoms with Gasteiger partial charge in [0, 0.05) is 28.3 Å². The normalized spacial score (nSPS) is 13.0. The van der Waals surface area contributed by atoms with Crippen LogP contribution in [0.1, 0.15) is 142 Å². The second-order valence-corrected chi connectivity index (χ2v) is 15.0. The molecule has 0 bridgehead atoms. The van der Waals surface area contributed by atoms with Gasteiger partial charge in [-0.2, -0.15) is 8.42 Å². The van der Waals surface area contributed by atoms with Gasteiger partial charge in [0.05, 0.1) is 39.6 Å². The fourth-order valence-corrected chi connectivity index (χ4v) is 8.05. The number of fused-ring (bicyclic) bond motifs is 1. The van der Waals surface area contributed by atoms with Crippen molar-refractivity contribution in [1.29, 1.82) is 0 Å². The van der Waals surface area contributed by atoms with Gasteiger partial charge in [0.15, 0.2) is 0 Å². The van der Waals surface area contributed by atoms with E-state index in [-0.39, 0.29) is 12.0 Å². The first-order valence-electron chi connectivity index (χ1n) is 19.0. The molecule has 1 unspecified atom stereocenters. The van der Waals surface area contributed by atoms with Crippen molar-refractivity contribution in [2.75, 3.05) is 39.6 Å². The van der Waals surface area contributed by atoms with Crippen molar-refractivity contribution in [1.82, 2.24) is 0 Å². The Labute approximate surface area is 294 Å².